The van der Waals surface area contributed by atoms with E-state index in [-0.39, 0.29) is 18.8 Å². The average Bonchev–Trinajstić information content (AvgIpc) is 2.83. The molecular weight excluding hydrogens is 419 g/mol. The Morgan fingerprint density at radius 3 is 2.03 bits per heavy atom. The van der Waals surface area contributed by atoms with E-state index in [1.54, 1.807) is 0 Å². The van der Waals surface area contributed by atoms with Gasteiger partial charge in [0.15, 0.2) is 0 Å². The van der Waals surface area contributed by atoms with Crippen molar-refractivity contribution in [2.45, 2.75) is 89.8 Å². The summed E-state index contributed by atoms with van der Waals surface area (Å²) in [6.07, 6.45) is 3.39. The van der Waals surface area contributed by atoms with Gasteiger partial charge in [-0.3, -0.25) is 0 Å². The van der Waals surface area contributed by atoms with Crippen LogP contribution in [0.15, 0.2) is 54.6 Å². The van der Waals surface area contributed by atoms with E-state index >= 15 is 0 Å². The van der Waals surface area contributed by atoms with Gasteiger partial charge in [0.05, 0.1) is 5.92 Å². The topological polar surface area (TPSA) is 3.24 Å². The Bertz CT molecular complexity index is 792. The number of hydrogen-bond acceptors (Lipinski definition) is 1. The first kappa shape index (κ1) is 25.8. The van der Waals surface area contributed by atoms with E-state index in [2.05, 4.69) is 73.3 Å². The van der Waals surface area contributed by atoms with Gasteiger partial charge in [0, 0.05) is 12.6 Å². The largest absolute Gasteiger partial charge is 0.391 e. The highest BCUT2D eigenvalue weighted by Gasteiger charge is 2.41. The third-order valence-electron chi connectivity index (χ3n) is 7.44. The standard InChI is InChI=1S/C29H40F3N/c1-3-21-33(22-20-23-8-6-5-7-9-23)28(4-2)19-12-24-10-13-25(14-11-24)26-15-17-27(18-16-26)29(30,31)32/h5-11,13-14,26-28H,3-4,12,15-22H2,1-2H3. The highest BCUT2D eigenvalue weighted by Crippen LogP contribution is 2.42. The first-order valence-electron chi connectivity index (χ1n) is 12.8. The monoisotopic (exact) mass is 459 g/mol. The Balaban J connectivity index is 1.51. The van der Waals surface area contributed by atoms with Crippen molar-refractivity contribution < 1.29 is 13.2 Å². The molecule has 0 aliphatic heterocycles. The van der Waals surface area contributed by atoms with Crippen LogP contribution in [0.25, 0.3) is 0 Å². The summed E-state index contributed by atoms with van der Waals surface area (Å²) >= 11 is 0. The van der Waals surface area contributed by atoms with Crippen LogP contribution in [0, 0.1) is 5.92 Å². The van der Waals surface area contributed by atoms with Crippen LogP contribution < -0.4 is 0 Å². The molecule has 1 unspecified atom stereocenters. The summed E-state index contributed by atoms with van der Waals surface area (Å²) in [6, 6.07) is 20.0. The quantitative estimate of drug-likeness (QED) is 0.327. The molecule has 2 aromatic carbocycles. The van der Waals surface area contributed by atoms with Gasteiger partial charge in [-0.15, -0.1) is 0 Å². The minimum Gasteiger partial charge on any atom is -0.300 e. The maximum absolute atomic E-state index is 12.9. The Morgan fingerprint density at radius 1 is 0.818 bits per heavy atom. The van der Waals surface area contributed by atoms with Crippen LogP contribution in [0.4, 0.5) is 13.2 Å². The lowest BCUT2D eigenvalue weighted by Crippen LogP contribution is -2.37. The lowest BCUT2D eigenvalue weighted by Gasteiger charge is -2.31. The Labute approximate surface area is 198 Å². The summed E-state index contributed by atoms with van der Waals surface area (Å²) in [7, 11) is 0. The first-order chi connectivity index (χ1) is 15.9. The highest BCUT2D eigenvalue weighted by atomic mass is 19.4. The van der Waals surface area contributed by atoms with Crippen LogP contribution in [0.1, 0.15) is 81.4 Å². The zero-order valence-electron chi connectivity index (χ0n) is 20.3. The number of rotatable bonds is 11. The molecule has 0 saturated heterocycles. The third kappa shape index (κ3) is 7.88. The molecule has 182 valence electrons. The predicted molar refractivity (Wildman–Crippen MR) is 132 cm³/mol. The van der Waals surface area contributed by atoms with Crippen LogP contribution in [-0.4, -0.2) is 30.2 Å². The summed E-state index contributed by atoms with van der Waals surface area (Å²) in [5.74, 6) is -0.828. The van der Waals surface area contributed by atoms with Crippen molar-refractivity contribution in [3.63, 3.8) is 0 Å². The van der Waals surface area contributed by atoms with Crippen molar-refractivity contribution in [1.82, 2.24) is 4.90 Å². The van der Waals surface area contributed by atoms with Crippen LogP contribution in [0.5, 0.6) is 0 Å². The predicted octanol–water partition coefficient (Wildman–Crippen LogP) is 8.19. The Morgan fingerprint density at radius 2 is 1.45 bits per heavy atom. The van der Waals surface area contributed by atoms with Gasteiger partial charge in [-0.25, -0.2) is 0 Å². The van der Waals surface area contributed by atoms with Gasteiger partial charge < -0.3 is 4.90 Å². The molecular formula is C29H40F3N. The lowest BCUT2D eigenvalue weighted by atomic mass is 9.78. The molecule has 1 saturated carbocycles. The van der Waals surface area contributed by atoms with Crippen LogP contribution in [0.3, 0.4) is 0 Å². The normalized spacial score (nSPS) is 20.2. The summed E-state index contributed by atoms with van der Waals surface area (Å²) in [6.45, 7) is 6.76. The molecule has 0 spiro atoms. The van der Waals surface area contributed by atoms with Crippen molar-refractivity contribution in [3.05, 3.63) is 71.3 Å². The van der Waals surface area contributed by atoms with Crippen LogP contribution >= 0.6 is 0 Å². The zero-order valence-corrected chi connectivity index (χ0v) is 20.3. The second kappa shape index (κ2) is 12.6. The zero-order chi connectivity index (χ0) is 23.7. The van der Waals surface area contributed by atoms with Gasteiger partial charge in [-0.1, -0.05) is 68.4 Å². The average molecular weight is 460 g/mol. The highest BCUT2D eigenvalue weighted by molar-refractivity contribution is 5.26. The molecule has 0 radical (unpaired) electrons. The molecule has 33 heavy (non-hydrogen) atoms. The van der Waals surface area contributed by atoms with Gasteiger partial charge in [0.1, 0.15) is 0 Å². The minimum absolute atomic E-state index is 0.268. The summed E-state index contributed by atoms with van der Waals surface area (Å²) < 4.78 is 38.8. The van der Waals surface area contributed by atoms with Gasteiger partial charge in [0.2, 0.25) is 0 Å². The van der Waals surface area contributed by atoms with E-state index in [4.69, 9.17) is 0 Å². The molecule has 3 rings (SSSR count). The summed E-state index contributed by atoms with van der Waals surface area (Å²) in [5, 5.41) is 0. The maximum Gasteiger partial charge on any atom is 0.391 e. The fourth-order valence-electron chi connectivity index (χ4n) is 5.37. The minimum atomic E-state index is -4.03. The molecule has 4 heteroatoms. The van der Waals surface area contributed by atoms with E-state index < -0.39 is 12.1 Å². The van der Waals surface area contributed by atoms with E-state index in [9.17, 15) is 13.2 Å². The molecule has 1 nitrogen and oxygen atoms in total. The van der Waals surface area contributed by atoms with E-state index in [0.717, 1.165) is 45.2 Å². The van der Waals surface area contributed by atoms with Crippen molar-refractivity contribution in [2.75, 3.05) is 13.1 Å². The molecule has 2 aromatic rings. The van der Waals surface area contributed by atoms with Gasteiger partial charge >= 0.3 is 6.18 Å². The second-order valence-corrected chi connectivity index (χ2v) is 9.70. The maximum atomic E-state index is 12.9. The Kier molecular flexibility index (Phi) is 9.85. The molecule has 0 aromatic heterocycles. The SMILES string of the molecule is CCCN(CCc1ccccc1)C(CC)CCc1ccc(C2CCC(C(F)(F)F)CC2)cc1. The fraction of sp³-hybridized carbons (Fsp3) is 0.586. The number of nitrogens with zero attached hydrogens (tertiary/aromatic N) is 1. The van der Waals surface area contributed by atoms with Crippen molar-refractivity contribution in [2.24, 2.45) is 5.92 Å². The van der Waals surface area contributed by atoms with Crippen molar-refractivity contribution in [1.29, 1.82) is 0 Å². The molecule has 1 fully saturated rings. The molecule has 0 N–H and O–H groups in total. The number of hydrogen-bond donors (Lipinski definition) is 0. The van der Waals surface area contributed by atoms with Crippen LogP contribution in [-0.2, 0) is 12.8 Å². The number of alkyl halides is 3. The number of aryl methyl sites for hydroxylation is 1. The second-order valence-electron chi connectivity index (χ2n) is 9.70. The van der Waals surface area contributed by atoms with E-state index in [1.165, 1.54) is 16.7 Å². The molecule has 1 aliphatic rings. The fourth-order valence-corrected chi connectivity index (χ4v) is 5.37. The van der Waals surface area contributed by atoms with Crippen molar-refractivity contribution >= 4 is 0 Å². The molecule has 1 atom stereocenters. The molecule has 1 aliphatic carbocycles. The number of benzene rings is 2. The lowest BCUT2D eigenvalue weighted by molar-refractivity contribution is -0.182. The third-order valence-corrected chi connectivity index (χ3v) is 7.44. The smallest absolute Gasteiger partial charge is 0.300 e. The summed E-state index contributed by atoms with van der Waals surface area (Å²) in [5.41, 5.74) is 3.94. The van der Waals surface area contributed by atoms with Gasteiger partial charge in [-0.05, 0) is 86.9 Å². The van der Waals surface area contributed by atoms with Gasteiger partial charge in [-0.2, -0.15) is 13.2 Å². The van der Waals surface area contributed by atoms with E-state index in [0.29, 0.717) is 18.9 Å². The molecule has 0 bridgehead atoms. The van der Waals surface area contributed by atoms with Gasteiger partial charge in [0.25, 0.3) is 0 Å². The molecule has 0 heterocycles. The van der Waals surface area contributed by atoms with Crippen molar-refractivity contribution in [3.8, 4) is 0 Å². The van der Waals surface area contributed by atoms with Crippen LogP contribution in [0.2, 0.25) is 0 Å². The first-order valence-corrected chi connectivity index (χ1v) is 12.8. The summed E-state index contributed by atoms with van der Waals surface area (Å²) in [4.78, 5) is 2.65. The molecule has 0 amide bonds. The Hall–Kier alpha value is -1.81. The van der Waals surface area contributed by atoms with E-state index in [1.807, 2.05) is 0 Å². The number of halogens is 3.